The Labute approximate surface area is 213 Å². The second-order valence-electron chi connectivity index (χ2n) is 8.64. The van der Waals surface area contributed by atoms with E-state index < -0.39 is 5.97 Å². The van der Waals surface area contributed by atoms with Crippen molar-refractivity contribution in [2.45, 2.75) is 6.54 Å². The van der Waals surface area contributed by atoms with E-state index in [1.165, 1.54) is 11.3 Å². The van der Waals surface area contributed by atoms with Crippen LogP contribution in [0.3, 0.4) is 0 Å². The van der Waals surface area contributed by atoms with Crippen molar-refractivity contribution in [1.82, 2.24) is 14.8 Å². The highest BCUT2D eigenvalue weighted by Crippen LogP contribution is 2.31. The van der Waals surface area contributed by atoms with Crippen LogP contribution >= 0.6 is 11.3 Å². The lowest BCUT2D eigenvalue weighted by molar-refractivity contribution is -0.117. The largest absolute Gasteiger partial charge is 0.478 e. The Kier molecular flexibility index (Phi) is 8.27. The number of benzene rings is 3. The van der Waals surface area contributed by atoms with Crippen LogP contribution in [0.5, 0.6) is 10.9 Å². The number of nitrogens with zero attached hydrogens (tertiary/aromatic N) is 3. The maximum absolute atomic E-state index is 12.8. The number of carboxylic acids is 1. The quantitative estimate of drug-likeness (QED) is 0.303. The molecule has 0 bridgehead atoms. The lowest BCUT2D eigenvalue weighted by Gasteiger charge is -2.24. The Morgan fingerprint density at radius 2 is 1.69 bits per heavy atom. The highest BCUT2D eigenvalue weighted by Gasteiger charge is 2.13. The maximum atomic E-state index is 12.8. The molecule has 0 radical (unpaired) electrons. The predicted octanol–water partition coefficient (Wildman–Crippen LogP) is 4.79. The smallest absolute Gasteiger partial charge is 0.335 e. The predicted molar refractivity (Wildman–Crippen MR) is 142 cm³/mol. The number of hydrogen-bond donors (Lipinski definition) is 2. The van der Waals surface area contributed by atoms with Gasteiger partial charge in [0, 0.05) is 25.3 Å². The Bertz CT molecular complexity index is 1290. The van der Waals surface area contributed by atoms with Crippen LogP contribution in [0.4, 0.5) is 5.69 Å². The molecule has 0 aliphatic rings. The zero-order chi connectivity index (χ0) is 25.5. The second-order valence-corrected chi connectivity index (χ2v) is 9.63. The summed E-state index contributed by atoms with van der Waals surface area (Å²) in [6, 6.07) is 21.8. The van der Waals surface area contributed by atoms with Crippen LogP contribution in [0.1, 0.15) is 15.9 Å². The molecule has 186 valence electrons. The van der Waals surface area contributed by atoms with Gasteiger partial charge in [0.15, 0.2) is 0 Å². The van der Waals surface area contributed by atoms with Crippen LogP contribution in [-0.2, 0) is 11.3 Å². The van der Waals surface area contributed by atoms with Gasteiger partial charge >= 0.3 is 5.97 Å². The molecule has 0 saturated carbocycles. The number of thiazole rings is 1. The fraction of sp³-hybridized carbons (Fsp3) is 0.222. The molecule has 1 heterocycles. The topological polar surface area (TPSA) is 95.0 Å². The number of likely N-dealkylation sites (N-methyl/N-ethyl adjacent to an activating group) is 1. The number of anilines is 1. The Morgan fingerprint density at radius 3 is 2.36 bits per heavy atom. The summed E-state index contributed by atoms with van der Waals surface area (Å²) in [5.74, 6) is -0.442. The third-order valence-electron chi connectivity index (χ3n) is 5.46. The summed E-state index contributed by atoms with van der Waals surface area (Å²) >= 11 is 1.48. The molecule has 8 nitrogen and oxygen atoms in total. The number of nitrogens with one attached hydrogen (secondary N) is 1. The number of aromatic carboxylic acids is 1. The van der Waals surface area contributed by atoms with Gasteiger partial charge in [-0.05, 0) is 68.2 Å². The molecule has 2 N–H and O–H groups in total. The molecule has 4 aromatic rings. The number of carbonyl (C=O) groups is 2. The molecule has 0 aliphatic carbocycles. The van der Waals surface area contributed by atoms with Gasteiger partial charge in [-0.15, -0.1) is 0 Å². The van der Waals surface area contributed by atoms with Crippen LogP contribution in [0.2, 0.25) is 0 Å². The molecule has 36 heavy (non-hydrogen) atoms. The van der Waals surface area contributed by atoms with Crippen molar-refractivity contribution in [2.24, 2.45) is 0 Å². The molecule has 3 aromatic carbocycles. The number of hydrogen-bond acceptors (Lipinski definition) is 7. The number of para-hydroxylation sites is 1. The van der Waals surface area contributed by atoms with Crippen molar-refractivity contribution in [3.05, 3.63) is 83.9 Å². The average Bonchev–Trinajstić information content (AvgIpc) is 3.26. The summed E-state index contributed by atoms with van der Waals surface area (Å²) in [4.78, 5) is 32.5. The van der Waals surface area contributed by atoms with Crippen molar-refractivity contribution in [3.63, 3.8) is 0 Å². The Hall–Kier alpha value is -3.79. The zero-order valence-electron chi connectivity index (χ0n) is 20.2. The number of carbonyl (C=O) groups excluding carboxylic acids is 1. The molecule has 0 unspecified atom stereocenters. The standard InChI is InChI=1S/C27H28N4O4S/c1-30(2)15-16-31(17-19-7-9-20(10-8-19)26(33)34)18-25(32)28-21-11-13-22(14-12-21)35-27-29-23-5-3-4-6-24(23)36-27/h3-14H,15-18H2,1-2H3,(H,28,32)(H,33,34). The lowest BCUT2D eigenvalue weighted by atomic mass is 10.1. The van der Waals surface area contributed by atoms with E-state index in [0.717, 1.165) is 22.3 Å². The summed E-state index contributed by atoms with van der Waals surface area (Å²) in [6.45, 7) is 2.23. The minimum Gasteiger partial charge on any atom is -0.478 e. The van der Waals surface area contributed by atoms with Crippen LogP contribution in [0.25, 0.3) is 10.2 Å². The highest BCUT2D eigenvalue weighted by atomic mass is 32.1. The summed E-state index contributed by atoms with van der Waals surface area (Å²) in [7, 11) is 3.97. The number of carboxylic acid groups (broad SMARTS) is 1. The van der Waals surface area contributed by atoms with E-state index in [4.69, 9.17) is 9.84 Å². The van der Waals surface area contributed by atoms with Crippen LogP contribution in [-0.4, -0.2) is 65.5 Å². The molecule has 9 heteroatoms. The average molecular weight is 505 g/mol. The molecule has 0 fully saturated rings. The fourth-order valence-electron chi connectivity index (χ4n) is 3.57. The van der Waals surface area contributed by atoms with Gasteiger partial charge in [-0.25, -0.2) is 9.78 Å². The molecule has 0 spiro atoms. The van der Waals surface area contributed by atoms with E-state index in [-0.39, 0.29) is 18.0 Å². The van der Waals surface area contributed by atoms with Gasteiger partial charge in [-0.2, -0.15) is 0 Å². The van der Waals surface area contributed by atoms with E-state index in [1.54, 1.807) is 48.5 Å². The number of aromatic nitrogens is 1. The van der Waals surface area contributed by atoms with Crippen molar-refractivity contribution in [3.8, 4) is 10.9 Å². The van der Waals surface area contributed by atoms with Gasteiger partial charge in [-0.1, -0.05) is 35.6 Å². The first kappa shape index (κ1) is 25.3. The molecule has 0 saturated heterocycles. The van der Waals surface area contributed by atoms with Crippen LogP contribution < -0.4 is 10.1 Å². The van der Waals surface area contributed by atoms with Gasteiger partial charge < -0.3 is 20.1 Å². The van der Waals surface area contributed by atoms with Crippen LogP contribution in [0, 0.1) is 0 Å². The highest BCUT2D eigenvalue weighted by molar-refractivity contribution is 7.20. The van der Waals surface area contributed by atoms with E-state index in [9.17, 15) is 9.59 Å². The summed E-state index contributed by atoms with van der Waals surface area (Å²) in [5.41, 5.74) is 2.77. The van der Waals surface area contributed by atoms with Crippen molar-refractivity contribution in [1.29, 1.82) is 0 Å². The minimum atomic E-state index is -0.957. The van der Waals surface area contributed by atoms with E-state index in [1.807, 2.05) is 43.3 Å². The lowest BCUT2D eigenvalue weighted by Crippen LogP contribution is -2.37. The first-order valence-corrected chi connectivity index (χ1v) is 12.3. The number of ether oxygens (including phenoxy) is 1. The van der Waals surface area contributed by atoms with Gasteiger partial charge in [0.25, 0.3) is 5.19 Å². The molecule has 4 rings (SSSR count). The van der Waals surface area contributed by atoms with E-state index in [2.05, 4.69) is 15.2 Å². The first-order chi connectivity index (χ1) is 17.4. The molecule has 0 atom stereocenters. The summed E-state index contributed by atoms with van der Waals surface area (Å²) in [6.07, 6.45) is 0. The zero-order valence-corrected chi connectivity index (χ0v) is 21.0. The number of rotatable bonds is 11. The second kappa shape index (κ2) is 11.8. The third-order valence-corrected chi connectivity index (χ3v) is 6.37. The normalized spacial score (nSPS) is 11.2. The molecule has 0 aliphatic heterocycles. The SMILES string of the molecule is CN(C)CCN(CC(=O)Nc1ccc(Oc2nc3ccccc3s2)cc1)Cc1ccc(C(=O)O)cc1. The van der Waals surface area contributed by atoms with E-state index in [0.29, 0.717) is 29.7 Å². The minimum absolute atomic E-state index is 0.129. The van der Waals surface area contributed by atoms with Gasteiger partial charge in [-0.3, -0.25) is 9.69 Å². The van der Waals surface area contributed by atoms with Gasteiger partial charge in [0.1, 0.15) is 5.75 Å². The molecular weight excluding hydrogens is 476 g/mol. The summed E-state index contributed by atoms with van der Waals surface area (Å²) < 4.78 is 6.94. The number of amides is 1. The first-order valence-electron chi connectivity index (χ1n) is 11.5. The Morgan fingerprint density at radius 1 is 0.972 bits per heavy atom. The molecule has 1 amide bonds. The monoisotopic (exact) mass is 504 g/mol. The maximum Gasteiger partial charge on any atom is 0.335 e. The fourth-order valence-corrected chi connectivity index (χ4v) is 4.41. The van der Waals surface area contributed by atoms with Crippen molar-refractivity contribution in [2.75, 3.05) is 39.0 Å². The van der Waals surface area contributed by atoms with Crippen LogP contribution in [0.15, 0.2) is 72.8 Å². The van der Waals surface area contributed by atoms with Crippen molar-refractivity contribution < 1.29 is 19.4 Å². The number of fused-ring (bicyclic) bond motifs is 1. The molecule has 1 aromatic heterocycles. The molecular formula is C27H28N4O4S. The van der Waals surface area contributed by atoms with Gasteiger partial charge in [0.2, 0.25) is 5.91 Å². The third kappa shape index (κ3) is 7.11. The van der Waals surface area contributed by atoms with E-state index >= 15 is 0 Å². The summed E-state index contributed by atoms with van der Waals surface area (Å²) in [5, 5.41) is 12.6. The van der Waals surface area contributed by atoms with Gasteiger partial charge in [0.05, 0.1) is 22.3 Å². The Balaban J connectivity index is 1.34. The van der Waals surface area contributed by atoms with Crippen molar-refractivity contribution >= 4 is 39.1 Å².